The van der Waals surface area contributed by atoms with Gasteiger partial charge in [-0.15, -0.1) is 11.3 Å². The van der Waals surface area contributed by atoms with E-state index in [-0.39, 0.29) is 18.5 Å². The smallest absolute Gasteiger partial charge is 0.315 e. The highest BCUT2D eigenvalue weighted by Gasteiger charge is 2.13. The molecule has 7 heteroatoms. The third kappa shape index (κ3) is 5.66. The maximum Gasteiger partial charge on any atom is 0.315 e. The molecule has 0 bridgehead atoms. The van der Waals surface area contributed by atoms with Gasteiger partial charge in [0, 0.05) is 24.2 Å². The quantitative estimate of drug-likeness (QED) is 0.808. The number of nitrogens with one attached hydrogen (secondary N) is 2. The van der Waals surface area contributed by atoms with Crippen molar-refractivity contribution >= 4 is 23.3 Å². The van der Waals surface area contributed by atoms with E-state index in [1.807, 2.05) is 49.6 Å². The fourth-order valence-corrected chi connectivity index (χ4v) is 2.86. The first-order chi connectivity index (χ1) is 11.6. The fraction of sp³-hybridized carbons (Fsp3) is 0.353. The summed E-state index contributed by atoms with van der Waals surface area (Å²) in [5.74, 6) is -0.110. The second-order valence-electron chi connectivity index (χ2n) is 5.31. The molecule has 0 aliphatic heterocycles. The van der Waals surface area contributed by atoms with Gasteiger partial charge in [0.15, 0.2) is 0 Å². The van der Waals surface area contributed by atoms with Crippen molar-refractivity contribution in [3.05, 3.63) is 52.0 Å². The number of carbonyl (C=O) groups excluding carboxylic acids is 2. The van der Waals surface area contributed by atoms with Crippen LogP contribution in [0, 0.1) is 6.92 Å². The number of likely N-dealkylation sites (N-methyl/N-ethyl adjacent to an activating group) is 1. The van der Waals surface area contributed by atoms with Gasteiger partial charge in [-0.25, -0.2) is 9.78 Å². The lowest BCUT2D eigenvalue weighted by molar-refractivity contribution is -0.130. The fourth-order valence-electron chi connectivity index (χ4n) is 2.15. The van der Waals surface area contributed by atoms with Crippen LogP contribution in [0.15, 0.2) is 35.7 Å². The Morgan fingerprint density at radius 3 is 2.58 bits per heavy atom. The van der Waals surface area contributed by atoms with Crippen LogP contribution in [0.1, 0.15) is 23.2 Å². The highest BCUT2D eigenvalue weighted by molar-refractivity contribution is 7.09. The van der Waals surface area contributed by atoms with Gasteiger partial charge in [-0.2, -0.15) is 0 Å². The number of urea groups is 1. The Morgan fingerprint density at radius 2 is 1.96 bits per heavy atom. The van der Waals surface area contributed by atoms with Crippen molar-refractivity contribution in [1.29, 1.82) is 0 Å². The molecule has 2 rings (SSSR count). The largest absolute Gasteiger partial charge is 0.337 e. The zero-order chi connectivity index (χ0) is 17.4. The van der Waals surface area contributed by atoms with E-state index in [2.05, 4.69) is 15.6 Å². The molecule has 0 aliphatic carbocycles. The maximum atomic E-state index is 12.2. The Labute approximate surface area is 145 Å². The highest BCUT2D eigenvalue weighted by atomic mass is 32.1. The number of carbonyl (C=O) groups is 2. The van der Waals surface area contributed by atoms with Gasteiger partial charge in [0.05, 0.1) is 13.1 Å². The summed E-state index contributed by atoms with van der Waals surface area (Å²) in [5.41, 5.74) is 2.00. The van der Waals surface area contributed by atoms with E-state index in [0.29, 0.717) is 19.6 Å². The second-order valence-corrected chi connectivity index (χ2v) is 6.26. The van der Waals surface area contributed by atoms with Gasteiger partial charge in [-0.3, -0.25) is 4.79 Å². The van der Waals surface area contributed by atoms with Gasteiger partial charge in [0.1, 0.15) is 5.01 Å². The predicted octanol–water partition coefficient (Wildman–Crippen LogP) is 2.30. The molecular weight excluding hydrogens is 324 g/mol. The monoisotopic (exact) mass is 346 g/mol. The standard InChI is InChI=1S/C17H22N4O2S/c1-3-21(11-14-7-5-4-6-8-14)16(22)10-19-17(23)18-9-15-20-13(2)12-24-15/h4-8,12H,3,9-11H2,1-2H3,(H2,18,19,23). The number of thiazole rings is 1. The molecule has 1 aromatic heterocycles. The third-order valence-electron chi connectivity index (χ3n) is 3.42. The first kappa shape index (κ1) is 17.9. The van der Waals surface area contributed by atoms with E-state index in [1.165, 1.54) is 11.3 Å². The molecule has 0 saturated carbocycles. The molecule has 0 spiro atoms. The van der Waals surface area contributed by atoms with Crippen molar-refractivity contribution in [2.75, 3.05) is 13.1 Å². The van der Waals surface area contributed by atoms with Crippen LogP contribution in [0.4, 0.5) is 4.79 Å². The predicted molar refractivity (Wildman–Crippen MR) is 94.6 cm³/mol. The van der Waals surface area contributed by atoms with Crippen LogP contribution >= 0.6 is 11.3 Å². The number of aryl methyl sites for hydroxylation is 1. The number of benzene rings is 1. The second kappa shape index (κ2) is 9.02. The molecule has 0 atom stereocenters. The van der Waals surface area contributed by atoms with Gasteiger partial charge in [-0.1, -0.05) is 30.3 Å². The van der Waals surface area contributed by atoms with E-state index in [1.54, 1.807) is 4.90 Å². The van der Waals surface area contributed by atoms with E-state index in [4.69, 9.17) is 0 Å². The lowest BCUT2D eigenvalue weighted by Gasteiger charge is -2.21. The van der Waals surface area contributed by atoms with E-state index in [0.717, 1.165) is 16.3 Å². The molecule has 1 heterocycles. The topological polar surface area (TPSA) is 74.3 Å². The molecule has 1 aromatic carbocycles. The minimum absolute atomic E-state index is 0.0244. The van der Waals surface area contributed by atoms with Crippen LogP contribution in [0.25, 0.3) is 0 Å². The average Bonchev–Trinajstić information content (AvgIpc) is 3.02. The average molecular weight is 346 g/mol. The van der Waals surface area contributed by atoms with Crippen LogP contribution in [-0.2, 0) is 17.9 Å². The summed E-state index contributed by atoms with van der Waals surface area (Å²) in [7, 11) is 0. The number of rotatable bonds is 7. The van der Waals surface area contributed by atoms with Crippen LogP contribution in [0.3, 0.4) is 0 Å². The third-order valence-corrected chi connectivity index (χ3v) is 4.38. The molecule has 0 unspecified atom stereocenters. The Bertz CT molecular complexity index is 672. The first-order valence-corrected chi connectivity index (χ1v) is 8.71. The molecule has 6 nitrogen and oxygen atoms in total. The summed E-state index contributed by atoms with van der Waals surface area (Å²) >= 11 is 1.50. The Hall–Kier alpha value is -2.41. The molecule has 0 aliphatic rings. The van der Waals surface area contributed by atoms with Crippen molar-refractivity contribution in [3.63, 3.8) is 0 Å². The molecule has 2 N–H and O–H groups in total. The van der Waals surface area contributed by atoms with E-state index >= 15 is 0 Å². The molecule has 24 heavy (non-hydrogen) atoms. The van der Waals surface area contributed by atoms with Crippen LogP contribution in [-0.4, -0.2) is 34.9 Å². The summed E-state index contributed by atoms with van der Waals surface area (Å²) in [4.78, 5) is 30.0. The number of hydrogen-bond acceptors (Lipinski definition) is 4. The molecule has 0 fully saturated rings. The first-order valence-electron chi connectivity index (χ1n) is 7.83. The Morgan fingerprint density at radius 1 is 1.21 bits per heavy atom. The van der Waals surface area contributed by atoms with E-state index in [9.17, 15) is 9.59 Å². The Balaban J connectivity index is 1.75. The highest BCUT2D eigenvalue weighted by Crippen LogP contribution is 2.07. The SMILES string of the molecule is CCN(Cc1ccccc1)C(=O)CNC(=O)NCc1nc(C)cs1. The zero-order valence-corrected chi connectivity index (χ0v) is 14.7. The molecule has 2 aromatic rings. The van der Waals surface area contributed by atoms with Crippen molar-refractivity contribution in [3.8, 4) is 0 Å². The minimum atomic E-state index is -0.369. The van der Waals surface area contributed by atoms with Gasteiger partial charge in [0.2, 0.25) is 5.91 Å². The Kier molecular flexibility index (Phi) is 6.74. The summed E-state index contributed by atoms with van der Waals surface area (Å²) in [6.07, 6.45) is 0. The number of amides is 3. The lowest BCUT2D eigenvalue weighted by atomic mass is 10.2. The van der Waals surface area contributed by atoms with Crippen LogP contribution < -0.4 is 10.6 Å². The molecule has 3 amide bonds. The molecular formula is C17H22N4O2S. The van der Waals surface area contributed by atoms with Gasteiger partial charge in [0.25, 0.3) is 0 Å². The number of aromatic nitrogens is 1. The normalized spacial score (nSPS) is 10.2. The molecule has 0 saturated heterocycles. The van der Waals surface area contributed by atoms with Crippen molar-refractivity contribution in [1.82, 2.24) is 20.5 Å². The summed E-state index contributed by atoms with van der Waals surface area (Å²) in [6.45, 7) is 5.30. The van der Waals surface area contributed by atoms with Gasteiger partial charge in [-0.05, 0) is 19.4 Å². The lowest BCUT2D eigenvalue weighted by Crippen LogP contribution is -2.43. The maximum absolute atomic E-state index is 12.2. The van der Waals surface area contributed by atoms with E-state index < -0.39 is 0 Å². The summed E-state index contributed by atoms with van der Waals surface area (Å²) in [5, 5.41) is 8.07. The van der Waals surface area contributed by atoms with Gasteiger partial charge < -0.3 is 15.5 Å². The number of nitrogens with zero attached hydrogens (tertiary/aromatic N) is 2. The molecule has 0 radical (unpaired) electrons. The van der Waals surface area contributed by atoms with Crippen molar-refractivity contribution in [2.45, 2.75) is 26.9 Å². The number of hydrogen-bond donors (Lipinski definition) is 2. The summed E-state index contributed by atoms with van der Waals surface area (Å²) < 4.78 is 0. The van der Waals surface area contributed by atoms with Crippen LogP contribution in [0.5, 0.6) is 0 Å². The van der Waals surface area contributed by atoms with Crippen molar-refractivity contribution < 1.29 is 9.59 Å². The summed E-state index contributed by atoms with van der Waals surface area (Å²) in [6, 6.07) is 9.42. The zero-order valence-electron chi connectivity index (χ0n) is 13.9. The van der Waals surface area contributed by atoms with Gasteiger partial charge >= 0.3 is 6.03 Å². The van der Waals surface area contributed by atoms with Crippen molar-refractivity contribution in [2.24, 2.45) is 0 Å². The van der Waals surface area contributed by atoms with Crippen LogP contribution in [0.2, 0.25) is 0 Å². The molecule has 128 valence electrons. The minimum Gasteiger partial charge on any atom is -0.337 e.